The van der Waals surface area contributed by atoms with Crippen LogP contribution in [0, 0.1) is 5.82 Å². The Morgan fingerprint density at radius 1 is 1.38 bits per heavy atom. The van der Waals surface area contributed by atoms with Gasteiger partial charge in [-0.2, -0.15) is 0 Å². The molecule has 0 atom stereocenters. The van der Waals surface area contributed by atoms with E-state index in [9.17, 15) is 18.8 Å². The summed E-state index contributed by atoms with van der Waals surface area (Å²) in [5.41, 5.74) is -0.106. The minimum absolute atomic E-state index is 0.0735. The Morgan fingerprint density at radius 2 is 2.15 bits per heavy atom. The number of benzene rings is 1. The fraction of sp³-hybridized carbons (Fsp3) is 0.176. The van der Waals surface area contributed by atoms with Crippen molar-refractivity contribution in [1.29, 1.82) is 0 Å². The molecule has 1 saturated heterocycles. The van der Waals surface area contributed by atoms with Crippen LogP contribution in [-0.2, 0) is 9.59 Å². The maximum absolute atomic E-state index is 13.4. The Hall–Kier alpha value is -2.52. The third-order valence-electron chi connectivity index (χ3n) is 3.69. The van der Waals surface area contributed by atoms with Crippen molar-refractivity contribution in [2.24, 2.45) is 0 Å². The lowest BCUT2D eigenvalue weighted by molar-refractivity contribution is -0.137. The van der Waals surface area contributed by atoms with Crippen LogP contribution >= 0.6 is 24.0 Å². The van der Waals surface area contributed by atoms with Crippen LogP contribution in [0.1, 0.15) is 18.4 Å². The number of thiocarbonyl (C=S) groups is 1. The van der Waals surface area contributed by atoms with Crippen LogP contribution in [-0.4, -0.2) is 32.7 Å². The number of hydrogen-bond acceptors (Lipinski definition) is 6. The van der Waals surface area contributed by atoms with Crippen LogP contribution in [0.25, 0.3) is 17.0 Å². The molecule has 1 aromatic heterocycles. The number of fused-ring (bicyclic) bond motifs is 1. The maximum atomic E-state index is 13.4. The van der Waals surface area contributed by atoms with Gasteiger partial charge in [0, 0.05) is 13.0 Å². The molecular weight excluding hydrogens is 381 g/mol. The number of hydrogen-bond donors (Lipinski definition) is 1. The van der Waals surface area contributed by atoms with Crippen LogP contribution in [0.15, 0.2) is 38.6 Å². The second kappa shape index (κ2) is 7.38. The summed E-state index contributed by atoms with van der Waals surface area (Å²) in [4.78, 5) is 37.0. The van der Waals surface area contributed by atoms with Gasteiger partial charge in [0.05, 0.1) is 15.9 Å². The summed E-state index contributed by atoms with van der Waals surface area (Å²) < 4.78 is 19.0. The number of carboxylic acid groups (broad SMARTS) is 1. The van der Waals surface area contributed by atoms with Gasteiger partial charge < -0.3 is 9.52 Å². The van der Waals surface area contributed by atoms with Gasteiger partial charge in [-0.3, -0.25) is 19.3 Å². The van der Waals surface area contributed by atoms with Gasteiger partial charge in [-0.1, -0.05) is 24.0 Å². The molecule has 2 aromatic rings. The maximum Gasteiger partial charge on any atom is 0.303 e. The molecule has 1 amide bonds. The first-order valence-electron chi connectivity index (χ1n) is 7.55. The van der Waals surface area contributed by atoms with Gasteiger partial charge >= 0.3 is 5.97 Å². The molecule has 3 rings (SSSR count). The number of halogens is 1. The number of nitrogens with zero attached hydrogens (tertiary/aromatic N) is 1. The van der Waals surface area contributed by atoms with E-state index >= 15 is 0 Å². The van der Waals surface area contributed by atoms with Gasteiger partial charge in [0.1, 0.15) is 22.0 Å². The SMILES string of the molecule is O=C(O)CCCN1C(=O)/C(=C/c2coc3ccc(F)cc3c2=O)SC1=S. The number of carbonyl (C=O) groups is 2. The number of rotatable bonds is 5. The quantitative estimate of drug-likeness (QED) is 0.617. The molecule has 1 N–H and O–H groups in total. The van der Waals surface area contributed by atoms with Gasteiger partial charge in [0.25, 0.3) is 5.91 Å². The summed E-state index contributed by atoms with van der Waals surface area (Å²) in [6.45, 7) is 0.186. The topological polar surface area (TPSA) is 87.8 Å². The van der Waals surface area contributed by atoms with Crippen molar-refractivity contribution in [2.75, 3.05) is 6.54 Å². The van der Waals surface area contributed by atoms with Gasteiger partial charge in [0.2, 0.25) is 0 Å². The van der Waals surface area contributed by atoms with Crippen molar-refractivity contribution in [2.45, 2.75) is 12.8 Å². The fourth-order valence-corrected chi connectivity index (χ4v) is 3.74. The van der Waals surface area contributed by atoms with E-state index in [2.05, 4.69) is 0 Å². The first-order valence-corrected chi connectivity index (χ1v) is 8.77. The summed E-state index contributed by atoms with van der Waals surface area (Å²) in [6.07, 6.45) is 2.76. The largest absolute Gasteiger partial charge is 0.481 e. The monoisotopic (exact) mass is 393 g/mol. The lowest BCUT2D eigenvalue weighted by atomic mass is 10.1. The van der Waals surface area contributed by atoms with E-state index in [-0.39, 0.29) is 40.8 Å². The first kappa shape index (κ1) is 18.3. The molecular formula is C17H12FNO5S2. The Balaban J connectivity index is 1.88. The van der Waals surface area contributed by atoms with Crippen LogP contribution in [0.4, 0.5) is 4.39 Å². The standard InChI is InChI=1S/C17H12FNO5S2/c18-10-3-4-12-11(7-10)15(22)9(8-24-12)6-13-16(23)19(17(25)26-13)5-1-2-14(20)21/h3-4,6-8H,1-2,5H2,(H,20,21)/b13-6-. The van der Waals surface area contributed by atoms with E-state index in [1.54, 1.807) is 0 Å². The Morgan fingerprint density at radius 3 is 2.88 bits per heavy atom. The van der Waals surface area contributed by atoms with Gasteiger partial charge in [-0.05, 0) is 30.7 Å². The fourth-order valence-electron chi connectivity index (χ4n) is 2.44. The van der Waals surface area contributed by atoms with Crippen molar-refractivity contribution in [3.63, 3.8) is 0 Å². The highest BCUT2D eigenvalue weighted by atomic mass is 32.2. The number of carboxylic acids is 1. The molecule has 26 heavy (non-hydrogen) atoms. The van der Waals surface area contributed by atoms with E-state index in [0.29, 0.717) is 4.32 Å². The van der Waals surface area contributed by atoms with Gasteiger partial charge in [-0.25, -0.2) is 4.39 Å². The van der Waals surface area contributed by atoms with E-state index in [0.717, 1.165) is 17.8 Å². The molecule has 0 radical (unpaired) electrons. The molecule has 0 spiro atoms. The second-order valence-electron chi connectivity index (χ2n) is 5.49. The molecule has 0 aliphatic carbocycles. The van der Waals surface area contributed by atoms with Crippen molar-refractivity contribution in [3.05, 3.63) is 51.0 Å². The zero-order valence-corrected chi connectivity index (χ0v) is 14.9. The molecule has 0 unspecified atom stereocenters. The molecule has 134 valence electrons. The van der Waals surface area contributed by atoms with E-state index in [1.165, 1.54) is 29.4 Å². The smallest absolute Gasteiger partial charge is 0.303 e. The van der Waals surface area contributed by atoms with Crippen LogP contribution in [0.3, 0.4) is 0 Å². The summed E-state index contributed by atoms with van der Waals surface area (Å²) in [6, 6.07) is 3.63. The van der Waals surface area contributed by atoms with Crippen LogP contribution in [0.2, 0.25) is 0 Å². The lowest BCUT2D eigenvalue weighted by Crippen LogP contribution is -2.29. The normalized spacial score (nSPS) is 16.0. The highest BCUT2D eigenvalue weighted by Gasteiger charge is 2.31. The van der Waals surface area contributed by atoms with Gasteiger partial charge in [0.15, 0.2) is 5.43 Å². The predicted molar refractivity (Wildman–Crippen MR) is 99.2 cm³/mol. The summed E-state index contributed by atoms with van der Waals surface area (Å²) in [5.74, 6) is -1.91. The van der Waals surface area contributed by atoms with E-state index in [1.807, 2.05) is 0 Å². The number of thioether (sulfide) groups is 1. The first-order chi connectivity index (χ1) is 12.4. The lowest BCUT2D eigenvalue weighted by Gasteiger charge is -2.13. The highest BCUT2D eigenvalue weighted by molar-refractivity contribution is 8.26. The number of carbonyl (C=O) groups excluding carboxylic acids is 1. The minimum atomic E-state index is -0.952. The molecule has 1 fully saturated rings. The molecule has 1 aliphatic rings. The molecule has 9 heteroatoms. The summed E-state index contributed by atoms with van der Waals surface area (Å²) in [5, 5.41) is 8.76. The van der Waals surface area contributed by atoms with Crippen molar-refractivity contribution in [1.82, 2.24) is 4.90 Å². The summed E-state index contributed by atoms with van der Waals surface area (Å²) in [7, 11) is 0. The van der Waals surface area contributed by atoms with E-state index < -0.39 is 23.1 Å². The predicted octanol–water partition coefficient (Wildman–Crippen LogP) is 3.00. The highest BCUT2D eigenvalue weighted by Crippen LogP contribution is 2.32. The Bertz CT molecular complexity index is 1010. The second-order valence-corrected chi connectivity index (χ2v) is 7.17. The van der Waals surface area contributed by atoms with Crippen molar-refractivity contribution in [3.8, 4) is 0 Å². The molecule has 1 aliphatic heterocycles. The molecule has 6 nitrogen and oxygen atoms in total. The third-order valence-corrected chi connectivity index (χ3v) is 5.07. The molecule has 0 bridgehead atoms. The van der Waals surface area contributed by atoms with Crippen LogP contribution < -0.4 is 5.43 Å². The zero-order valence-electron chi connectivity index (χ0n) is 13.2. The van der Waals surface area contributed by atoms with Gasteiger partial charge in [-0.15, -0.1) is 0 Å². The number of aliphatic carboxylic acids is 1. The molecule has 2 heterocycles. The zero-order chi connectivity index (χ0) is 18.8. The average molecular weight is 393 g/mol. The third kappa shape index (κ3) is 3.68. The summed E-state index contributed by atoms with van der Waals surface area (Å²) >= 11 is 6.17. The number of amides is 1. The minimum Gasteiger partial charge on any atom is -0.481 e. The molecule has 0 saturated carbocycles. The average Bonchev–Trinajstić information content (AvgIpc) is 2.85. The van der Waals surface area contributed by atoms with Crippen molar-refractivity contribution < 1.29 is 23.5 Å². The van der Waals surface area contributed by atoms with E-state index in [4.69, 9.17) is 21.7 Å². The van der Waals surface area contributed by atoms with Crippen molar-refractivity contribution >= 4 is 57.2 Å². The Labute approximate surface area is 156 Å². The molecule has 1 aromatic carbocycles. The Kier molecular flexibility index (Phi) is 5.19. The van der Waals surface area contributed by atoms with Crippen LogP contribution in [0.5, 0.6) is 0 Å².